The van der Waals surface area contributed by atoms with Gasteiger partial charge in [-0.25, -0.2) is 0 Å². The number of hydrogen-bond acceptors (Lipinski definition) is 6. The van der Waals surface area contributed by atoms with Crippen LogP contribution in [0.1, 0.15) is 77.2 Å². The normalized spacial score (nSPS) is 27.2. The standard InChI is InChI=1S/C31H44N4O6/c1-20(2)17-24-31(40)35-16-10-9-14-25(35)30(39)32-22(13-7-4-8-15-26(36)27-19-41-27)28(37)33-23(29(38)34-24)18-21-11-5-3-6-12-21/h3,5-6,11-12,20,22-25,27H,4,7-10,13-19H2,1-2H3,(H,32,39)(H,33,37)(H,34,38)/t22-,23+,24-,25-,27+/m0/s1. The van der Waals surface area contributed by atoms with Gasteiger partial charge in [-0.15, -0.1) is 0 Å². The zero-order valence-corrected chi connectivity index (χ0v) is 24.2. The third-order valence-electron chi connectivity index (χ3n) is 8.07. The molecule has 0 spiro atoms. The van der Waals surface area contributed by atoms with E-state index in [4.69, 9.17) is 4.74 Å². The van der Waals surface area contributed by atoms with E-state index in [1.54, 1.807) is 4.90 Å². The molecule has 0 aliphatic carbocycles. The molecule has 3 fully saturated rings. The lowest BCUT2D eigenvalue weighted by Crippen LogP contribution is -2.63. The van der Waals surface area contributed by atoms with Crippen LogP contribution in [0.5, 0.6) is 0 Å². The maximum absolute atomic E-state index is 13.8. The smallest absolute Gasteiger partial charge is 0.245 e. The predicted octanol–water partition coefficient (Wildman–Crippen LogP) is 2.04. The molecule has 3 aliphatic heterocycles. The summed E-state index contributed by atoms with van der Waals surface area (Å²) in [6.45, 7) is 4.91. The van der Waals surface area contributed by atoms with E-state index < -0.39 is 36.0 Å². The van der Waals surface area contributed by atoms with Gasteiger partial charge in [0.25, 0.3) is 0 Å². The Balaban J connectivity index is 1.54. The number of carbonyl (C=O) groups excluding carboxylic acids is 5. The summed E-state index contributed by atoms with van der Waals surface area (Å²) in [5, 5.41) is 8.74. The number of amides is 4. The number of ketones is 1. The second-order valence-corrected chi connectivity index (χ2v) is 11.9. The first-order valence-corrected chi connectivity index (χ1v) is 15.1. The lowest BCUT2D eigenvalue weighted by molar-refractivity contribution is -0.147. The number of Topliss-reactive ketones (excluding diaryl/α,β-unsaturated/α-hetero) is 1. The molecule has 0 aromatic heterocycles. The van der Waals surface area contributed by atoms with Gasteiger partial charge in [-0.05, 0) is 50.0 Å². The Morgan fingerprint density at radius 2 is 1.59 bits per heavy atom. The molecule has 1 aromatic rings. The molecule has 0 radical (unpaired) electrons. The van der Waals surface area contributed by atoms with Gasteiger partial charge in [-0.1, -0.05) is 57.0 Å². The average molecular weight is 569 g/mol. The predicted molar refractivity (Wildman–Crippen MR) is 153 cm³/mol. The molecular formula is C31H44N4O6. The van der Waals surface area contributed by atoms with Crippen LogP contribution in [0, 0.1) is 5.92 Å². The second-order valence-electron chi connectivity index (χ2n) is 11.9. The van der Waals surface area contributed by atoms with E-state index >= 15 is 0 Å². The molecule has 10 nitrogen and oxygen atoms in total. The Kier molecular flexibility index (Phi) is 10.9. The maximum atomic E-state index is 13.8. The van der Waals surface area contributed by atoms with Crippen molar-refractivity contribution >= 4 is 29.4 Å². The van der Waals surface area contributed by atoms with Crippen LogP contribution in [-0.2, 0) is 35.1 Å². The minimum absolute atomic E-state index is 0.106. The first kappa shape index (κ1) is 30.7. The van der Waals surface area contributed by atoms with E-state index in [0.717, 1.165) is 24.8 Å². The van der Waals surface area contributed by atoms with Crippen molar-refractivity contribution in [2.24, 2.45) is 5.92 Å². The highest BCUT2D eigenvalue weighted by molar-refractivity contribution is 5.97. The molecule has 4 rings (SSSR count). The minimum atomic E-state index is -0.917. The van der Waals surface area contributed by atoms with Crippen molar-refractivity contribution in [3.63, 3.8) is 0 Å². The third-order valence-corrected chi connectivity index (χ3v) is 8.07. The lowest BCUT2D eigenvalue weighted by Gasteiger charge is -2.39. The maximum Gasteiger partial charge on any atom is 0.245 e. The van der Waals surface area contributed by atoms with Gasteiger partial charge in [0.2, 0.25) is 23.6 Å². The summed E-state index contributed by atoms with van der Waals surface area (Å²) >= 11 is 0. The number of benzene rings is 1. The number of nitrogens with one attached hydrogen (secondary N) is 3. The first-order valence-electron chi connectivity index (χ1n) is 15.1. The van der Waals surface area contributed by atoms with E-state index in [1.165, 1.54) is 0 Å². The molecule has 1 aromatic carbocycles. The van der Waals surface area contributed by atoms with Crippen LogP contribution in [0.15, 0.2) is 30.3 Å². The number of hydrogen-bond donors (Lipinski definition) is 3. The molecule has 0 saturated carbocycles. The number of unbranched alkanes of at least 4 members (excludes halogenated alkanes) is 2. The molecule has 3 N–H and O–H groups in total. The van der Waals surface area contributed by atoms with E-state index in [1.807, 2.05) is 44.2 Å². The third kappa shape index (κ3) is 8.86. The van der Waals surface area contributed by atoms with Crippen LogP contribution in [0.4, 0.5) is 0 Å². The van der Waals surface area contributed by atoms with E-state index in [0.29, 0.717) is 51.7 Å². The minimum Gasteiger partial charge on any atom is -0.365 e. The van der Waals surface area contributed by atoms with Crippen LogP contribution in [0.2, 0.25) is 0 Å². The fourth-order valence-corrected chi connectivity index (χ4v) is 5.72. The Hall–Kier alpha value is -3.27. The second kappa shape index (κ2) is 14.6. The van der Waals surface area contributed by atoms with Gasteiger partial charge >= 0.3 is 0 Å². The van der Waals surface area contributed by atoms with Gasteiger partial charge in [0, 0.05) is 19.4 Å². The summed E-state index contributed by atoms with van der Waals surface area (Å²) in [4.78, 5) is 68.1. The van der Waals surface area contributed by atoms with Crippen molar-refractivity contribution in [3.8, 4) is 0 Å². The number of rotatable bonds is 11. The monoisotopic (exact) mass is 568 g/mol. The van der Waals surface area contributed by atoms with Crippen LogP contribution < -0.4 is 16.0 Å². The highest BCUT2D eigenvalue weighted by Crippen LogP contribution is 2.22. The molecular weight excluding hydrogens is 524 g/mol. The van der Waals surface area contributed by atoms with Crippen molar-refractivity contribution < 1.29 is 28.7 Å². The number of piperidine rings is 1. The zero-order valence-electron chi connectivity index (χ0n) is 24.2. The van der Waals surface area contributed by atoms with Crippen molar-refractivity contribution in [2.45, 2.75) is 108 Å². The van der Waals surface area contributed by atoms with Gasteiger partial charge in [-0.3, -0.25) is 24.0 Å². The molecule has 3 heterocycles. The fraction of sp³-hybridized carbons (Fsp3) is 0.645. The lowest BCUT2D eigenvalue weighted by atomic mass is 9.95. The highest BCUT2D eigenvalue weighted by Gasteiger charge is 2.39. The highest BCUT2D eigenvalue weighted by atomic mass is 16.6. The Labute approximate surface area is 242 Å². The van der Waals surface area contributed by atoms with Crippen LogP contribution in [0.25, 0.3) is 0 Å². The summed E-state index contributed by atoms with van der Waals surface area (Å²) in [6.07, 6.45) is 5.34. The van der Waals surface area contributed by atoms with Gasteiger partial charge in [0.15, 0.2) is 5.78 Å². The number of ether oxygens (including phenoxy) is 1. The van der Waals surface area contributed by atoms with Gasteiger partial charge in [-0.2, -0.15) is 0 Å². The number of carbonyl (C=O) groups is 5. The average Bonchev–Trinajstić information content (AvgIpc) is 3.81. The number of fused-ring (bicyclic) bond motifs is 1. The molecule has 10 heteroatoms. The van der Waals surface area contributed by atoms with Gasteiger partial charge < -0.3 is 25.6 Å². The van der Waals surface area contributed by atoms with Gasteiger partial charge in [0.05, 0.1) is 6.61 Å². The van der Waals surface area contributed by atoms with Crippen molar-refractivity contribution in [2.75, 3.05) is 13.2 Å². The van der Waals surface area contributed by atoms with Crippen molar-refractivity contribution in [1.29, 1.82) is 0 Å². The number of nitrogens with zero attached hydrogens (tertiary/aromatic N) is 1. The number of epoxide rings is 1. The first-order chi connectivity index (χ1) is 19.7. The molecule has 3 saturated heterocycles. The molecule has 5 atom stereocenters. The molecule has 41 heavy (non-hydrogen) atoms. The topological polar surface area (TPSA) is 137 Å². The molecule has 3 aliphatic rings. The molecule has 0 unspecified atom stereocenters. The summed E-state index contributed by atoms with van der Waals surface area (Å²) in [7, 11) is 0. The van der Waals surface area contributed by atoms with Crippen LogP contribution in [-0.4, -0.2) is 77.7 Å². The molecule has 4 amide bonds. The van der Waals surface area contributed by atoms with E-state index in [9.17, 15) is 24.0 Å². The van der Waals surface area contributed by atoms with Crippen molar-refractivity contribution in [1.82, 2.24) is 20.9 Å². The van der Waals surface area contributed by atoms with Crippen LogP contribution >= 0.6 is 0 Å². The summed E-state index contributed by atoms with van der Waals surface area (Å²) in [6, 6.07) is 6.14. The summed E-state index contributed by atoms with van der Waals surface area (Å²) in [5.41, 5.74) is 0.868. The quantitative estimate of drug-likeness (QED) is 0.276. The van der Waals surface area contributed by atoms with E-state index in [2.05, 4.69) is 16.0 Å². The Bertz CT molecular complexity index is 1090. The van der Waals surface area contributed by atoms with Gasteiger partial charge in [0.1, 0.15) is 30.3 Å². The van der Waals surface area contributed by atoms with E-state index in [-0.39, 0.29) is 36.0 Å². The zero-order chi connectivity index (χ0) is 29.4. The summed E-state index contributed by atoms with van der Waals surface area (Å²) in [5.74, 6) is -1.19. The SMILES string of the molecule is CC(C)C[C@@H]1NC(=O)[C@@H](Cc2ccccc2)NC(=O)[C@H](CCCCCC(=O)[C@H]2CO2)NC(=O)[C@@H]2CCCCN2C1=O. The molecule has 0 bridgehead atoms. The Morgan fingerprint density at radius 1 is 0.902 bits per heavy atom. The largest absolute Gasteiger partial charge is 0.365 e. The van der Waals surface area contributed by atoms with Crippen molar-refractivity contribution in [3.05, 3.63) is 35.9 Å². The summed E-state index contributed by atoms with van der Waals surface area (Å²) < 4.78 is 5.04. The molecule has 224 valence electrons. The van der Waals surface area contributed by atoms with Crippen LogP contribution in [0.3, 0.4) is 0 Å². The Morgan fingerprint density at radius 3 is 2.29 bits per heavy atom. The fourth-order valence-electron chi connectivity index (χ4n) is 5.72.